The fourth-order valence-electron chi connectivity index (χ4n) is 2.43. The molecule has 134 valence electrons. The maximum absolute atomic E-state index is 12.3. The van der Waals surface area contributed by atoms with Gasteiger partial charge in [-0.05, 0) is 31.2 Å². The number of ether oxygens (including phenoxy) is 1. The highest BCUT2D eigenvalue weighted by atomic mass is 16.5. The van der Waals surface area contributed by atoms with Crippen molar-refractivity contribution in [2.75, 3.05) is 6.61 Å². The van der Waals surface area contributed by atoms with E-state index in [-0.39, 0.29) is 30.3 Å². The first-order valence-corrected chi connectivity index (χ1v) is 8.26. The first-order chi connectivity index (χ1) is 12.7. The topological polar surface area (TPSA) is 86.4 Å². The Morgan fingerprint density at radius 2 is 2.12 bits per heavy atom. The molecule has 0 aromatic carbocycles. The Balaban J connectivity index is 1.64. The minimum atomic E-state index is -0.344. The van der Waals surface area contributed by atoms with E-state index in [1.165, 1.54) is 10.6 Å². The van der Waals surface area contributed by atoms with E-state index >= 15 is 0 Å². The highest BCUT2D eigenvalue weighted by Gasteiger charge is 2.13. The van der Waals surface area contributed by atoms with Gasteiger partial charge in [-0.1, -0.05) is 12.1 Å². The van der Waals surface area contributed by atoms with Crippen LogP contribution in [0.4, 0.5) is 0 Å². The molecular formula is C19H19N3O4. The molecular weight excluding hydrogens is 334 g/mol. The molecule has 0 aliphatic rings. The second kappa shape index (κ2) is 8.15. The summed E-state index contributed by atoms with van der Waals surface area (Å²) >= 11 is 0. The fourth-order valence-corrected chi connectivity index (χ4v) is 2.43. The summed E-state index contributed by atoms with van der Waals surface area (Å²) in [7, 11) is 0. The Bertz CT molecular complexity index is 945. The lowest BCUT2D eigenvalue weighted by Crippen LogP contribution is -2.23. The molecule has 0 saturated carbocycles. The summed E-state index contributed by atoms with van der Waals surface area (Å²) in [4.78, 5) is 28.2. The number of pyridine rings is 2. The lowest BCUT2D eigenvalue weighted by Gasteiger charge is -2.09. The van der Waals surface area contributed by atoms with Crippen LogP contribution in [0.5, 0.6) is 5.88 Å². The van der Waals surface area contributed by atoms with Crippen LogP contribution in [0.15, 0.2) is 64.1 Å². The molecule has 3 heterocycles. The number of rotatable bonds is 7. The van der Waals surface area contributed by atoms with Crippen LogP contribution in [-0.4, -0.2) is 22.1 Å². The predicted octanol–water partition coefficient (Wildman–Crippen LogP) is 2.21. The molecule has 1 N–H and O–H groups in total. The number of carbonyl (C=O) groups is 1. The quantitative estimate of drug-likeness (QED) is 0.704. The van der Waals surface area contributed by atoms with Crippen molar-refractivity contribution in [3.63, 3.8) is 0 Å². The second-order valence-corrected chi connectivity index (χ2v) is 5.52. The van der Waals surface area contributed by atoms with Crippen molar-refractivity contribution in [3.8, 4) is 5.88 Å². The number of amides is 1. The van der Waals surface area contributed by atoms with Crippen molar-refractivity contribution in [1.82, 2.24) is 14.9 Å². The second-order valence-electron chi connectivity index (χ2n) is 5.52. The summed E-state index contributed by atoms with van der Waals surface area (Å²) in [6.45, 7) is 2.91. The fraction of sp³-hybridized carbons (Fsp3) is 0.211. The molecule has 26 heavy (non-hydrogen) atoms. The van der Waals surface area contributed by atoms with Crippen LogP contribution in [0, 0.1) is 0 Å². The van der Waals surface area contributed by atoms with Gasteiger partial charge in [-0.3, -0.25) is 9.59 Å². The average Bonchev–Trinajstić information content (AvgIpc) is 3.12. The monoisotopic (exact) mass is 353 g/mol. The molecule has 1 amide bonds. The Kier molecular flexibility index (Phi) is 5.48. The van der Waals surface area contributed by atoms with Gasteiger partial charge >= 0.3 is 0 Å². The van der Waals surface area contributed by atoms with E-state index in [9.17, 15) is 9.59 Å². The van der Waals surface area contributed by atoms with Crippen LogP contribution >= 0.6 is 0 Å². The van der Waals surface area contributed by atoms with Gasteiger partial charge in [0.1, 0.15) is 5.76 Å². The smallest absolute Gasteiger partial charge is 0.287 e. The van der Waals surface area contributed by atoms with Crippen LogP contribution in [-0.2, 0) is 13.1 Å². The number of nitrogens with one attached hydrogen (secondary N) is 1. The Hall–Kier alpha value is -3.35. The molecule has 0 aliphatic heterocycles. The number of hydrogen-bond donors (Lipinski definition) is 1. The molecule has 0 fully saturated rings. The highest BCUT2D eigenvalue weighted by molar-refractivity contribution is 5.91. The maximum atomic E-state index is 12.3. The number of furan rings is 1. The van der Waals surface area contributed by atoms with Crippen molar-refractivity contribution in [3.05, 3.63) is 82.3 Å². The molecule has 3 aromatic rings. The third-order valence-electron chi connectivity index (χ3n) is 3.68. The molecule has 0 radical (unpaired) electrons. The lowest BCUT2D eigenvalue weighted by molar-refractivity contribution is 0.0921. The van der Waals surface area contributed by atoms with Gasteiger partial charge in [0.25, 0.3) is 11.5 Å². The molecule has 7 heteroatoms. The molecule has 0 atom stereocenters. The van der Waals surface area contributed by atoms with Crippen molar-refractivity contribution < 1.29 is 13.9 Å². The average molecular weight is 353 g/mol. The Morgan fingerprint density at radius 3 is 2.92 bits per heavy atom. The predicted molar refractivity (Wildman–Crippen MR) is 95.1 cm³/mol. The first-order valence-electron chi connectivity index (χ1n) is 8.26. The number of nitrogens with zero attached hydrogens (tertiary/aromatic N) is 2. The van der Waals surface area contributed by atoms with Crippen molar-refractivity contribution in [2.45, 2.75) is 20.0 Å². The normalized spacial score (nSPS) is 10.5. The standard InChI is InChI=1S/C19H19N3O4/c1-2-25-19-14(6-5-10-20-19)12-21-18(24)16-9-8-15(26-16)13-22-11-4-3-7-17(22)23/h3-11H,2,12-13H2,1H3,(H,21,24). The molecule has 3 rings (SSSR count). The van der Waals surface area contributed by atoms with Gasteiger partial charge in [0, 0.05) is 30.6 Å². The minimum absolute atomic E-state index is 0.130. The number of hydrogen-bond acceptors (Lipinski definition) is 5. The largest absolute Gasteiger partial charge is 0.478 e. The van der Waals surface area contributed by atoms with Crippen molar-refractivity contribution >= 4 is 5.91 Å². The zero-order chi connectivity index (χ0) is 18.4. The Morgan fingerprint density at radius 1 is 1.23 bits per heavy atom. The molecule has 7 nitrogen and oxygen atoms in total. The third kappa shape index (κ3) is 4.18. The molecule has 0 saturated heterocycles. The minimum Gasteiger partial charge on any atom is -0.478 e. The van der Waals surface area contributed by atoms with Gasteiger partial charge < -0.3 is 19.0 Å². The summed E-state index contributed by atoms with van der Waals surface area (Å²) in [6, 6.07) is 11.8. The zero-order valence-electron chi connectivity index (χ0n) is 14.3. The molecule has 0 bridgehead atoms. The maximum Gasteiger partial charge on any atom is 0.287 e. The van der Waals surface area contributed by atoms with Gasteiger partial charge in [-0.15, -0.1) is 0 Å². The zero-order valence-corrected chi connectivity index (χ0v) is 14.3. The van der Waals surface area contributed by atoms with Gasteiger partial charge in [-0.25, -0.2) is 4.98 Å². The molecule has 0 aliphatic carbocycles. The van der Waals surface area contributed by atoms with E-state index in [0.717, 1.165) is 5.56 Å². The summed E-state index contributed by atoms with van der Waals surface area (Å²) < 4.78 is 12.5. The summed E-state index contributed by atoms with van der Waals surface area (Å²) in [5.74, 6) is 0.868. The van der Waals surface area contributed by atoms with Crippen LogP contribution in [0.2, 0.25) is 0 Å². The van der Waals surface area contributed by atoms with E-state index in [1.807, 2.05) is 13.0 Å². The van der Waals surface area contributed by atoms with Crippen LogP contribution in [0.25, 0.3) is 0 Å². The van der Waals surface area contributed by atoms with E-state index < -0.39 is 0 Å². The van der Waals surface area contributed by atoms with E-state index in [1.54, 1.807) is 42.7 Å². The molecule has 0 unspecified atom stereocenters. The summed E-state index contributed by atoms with van der Waals surface area (Å²) in [5, 5.41) is 2.78. The van der Waals surface area contributed by atoms with Gasteiger partial charge in [0.2, 0.25) is 5.88 Å². The van der Waals surface area contributed by atoms with Crippen LogP contribution < -0.4 is 15.6 Å². The van der Waals surface area contributed by atoms with Crippen LogP contribution in [0.3, 0.4) is 0 Å². The molecule has 0 spiro atoms. The summed E-state index contributed by atoms with van der Waals surface area (Å²) in [6.07, 6.45) is 3.31. The van der Waals surface area contributed by atoms with Gasteiger partial charge in [-0.2, -0.15) is 0 Å². The van der Waals surface area contributed by atoms with Gasteiger partial charge in [0.15, 0.2) is 5.76 Å². The number of carbonyl (C=O) groups excluding carboxylic acids is 1. The SMILES string of the molecule is CCOc1ncccc1CNC(=O)c1ccc(Cn2ccccc2=O)o1. The van der Waals surface area contributed by atoms with E-state index in [4.69, 9.17) is 9.15 Å². The van der Waals surface area contributed by atoms with E-state index in [2.05, 4.69) is 10.3 Å². The van der Waals surface area contributed by atoms with Crippen molar-refractivity contribution in [1.29, 1.82) is 0 Å². The lowest BCUT2D eigenvalue weighted by atomic mass is 10.2. The number of aromatic nitrogens is 2. The summed E-state index contributed by atoms with van der Waals surface area (Å²) in [5.41, 5.74) is 0.653. The van der Waals surface area contributed by atoms with Crippen LogP contribution in [0.1, 0.15) is 28.8 Å². The molecule has 3 aromatic heterocycles. The highest BCUT2D eigenvalue weighted by Crippen LogP contribution is 2.14. The Labute approximate surface area is 150 Å². The first kappa shape index (κ1) is 17.5. The third-order valence-corrected chi connectivity index (χ3v) is 3.68. The van der Waals surface area contributed by atoms with Gasteiger partial charge in [0.05, 0.1) is 13.2 Å². The van der Waals surface area contributed by atoms with E-state index in [0.29, 0.717) is 18.2 Å². The van der Waals surface area contributed by atoms with Crippen molar-refractivity contribution in [2.24, 2.45) is 0 Å².